The van der Waals surface area contributed by atoms with Crippen molar-refractivity contribution in [3.05, 3.63) is 18.0 Å². The molecule has 1 aromatic heterocycles. The van der Waals surface area contributed by atoms with Crippen molar-refractivity contribution in [2.45, 2.75) is 49.5 Å². The van der Waals surface area contributed by atoms with Crippen LogP contribution in [0.2, 0.25) is 0 Å². The van der Waals surface area contributed by atoms with Crippen molar-refractivity contribution in [2.24, 2.45) is 0 Å². The molecule has 1 aromatic rings. The first-order valence-electron chi connectivity index (χ1n) is 9.73. The molecule has 2 aliphatic rings. The molecule has 0 bridgehead atoms. The Morgan fingerprint density at radius 1 is 1.26 bits per heavy atom. The molecule has 0 aromatic carbocycles. The van der Waals surface area contributed by atoms with Gasteiger partial charge >= 0.3 is 0 Å². The first kappa shape index (κ1) is 20.3. The van der Waals surface area contributed by atoms with Gasteiger partial charge in [-0.2, -0.15) is 4.31 Å². The van der Waals surface area contributed by atoms with Crippen molar-refractivity contribution in [3.8, 4) is 0 Å². The molecule has 0 unspecified atom stereocenters. The van der Waals surface area contributed by atoms with Crippen LogP contribution in [0.15, 0.2) is 17.2 Å². The molecule has 0 atom stereocenters. The van der Waals surface area contributed by atoms with Crippen LogP contribution in [0.3, 0.4) is 0 Å². The molecule has 0 radical (unpaired) electrons. The van der Waals surface area contributed by atoms with Gasteiger partial charge in [-0.3, -0.25) is 4.79 Å². The molecule has 152 valence electrons. The summed E-state index contributed by atoms with van der Waals surface area (Å²) in [5, 5.41) is 2.80. The predicted octanol–water partition coefficient (Wildman–Crippen LogP) is 1.50. The fraction of sp³-hybridized carbons (Fsp3) is 0.722. The van der Waals surface area contributed by atoms with Crippen molar-refractivity contribution in [1.82, 2.24) is 14.6 Å². The molecule has 27 heavy (non-hydrogen) atoms. The van der Waals surface area contributed by atoms with Crippen LogP contribution in [0.1, 0.15) is 49.0 Å². The van der Waals surface area contributed by atoms with Gasteiger partial charge in [-0.25, -0.2) is 8.42 Å². The highest BCUT2D eigenvalue weighted by Crippen LogP contribution is 2.20. The summed E-state index contributed by atoms with van der Waals surface area (Å²) < 4.78 is 37.5. The number of nitrogens with zero attached hydrogens (tertiary/aromatic N) is 1. The molecule has 8 nitrogen and oxygen atoms in total. The zero-order valence-corrected chi connectivity index (χ0v) is 16.4. The van der Waals surface area contributed by atoms with E-state index in [1.807, 2.05) is 0 Å². The van der Waals surface area contributed by atoms with Gasteiger partial charge in [-0.1, -0.05) is 19.3 Å². The Morgan fingerprint density at radius 2 is 2.00 bits per heavy atom. The number of carbonyl (C=O) groups excluding carboxylic acids is 1. The van der Waals surface area contributed by atoms with Crippen LogP contribution in [0.25, 0.3) is 0 Å². The van der Waals surface area contributed by atoms with E-state index < -0.39 is 10.0 Å². The molecule has 0 spiro atoms. The van der Waals surface area contributed by atoms with Crippen LogP contribution in [0, 0.1) is 0 Å². The minimum atomic E-state index is -3.59. The molecule has 2 fully saturated rings. The first-order chi connectivity index (χ1) is 13.1. The molecule has 1 saturated carbocycles. The number of H-pyrrole nitrogens is 1. The number of nitrogens with one attached hydrogen (secondary N) is 2. The van der Waals surface area contributed by atoms with E-state index in [9.17, 15) is 13.2 Å². The van der Waals surface area contributed by atoms with Gasteiger partial charge in [-0.05, 0) is 25.3 Å². The minimum absolute atomic E-state index is 0.107. The fourth-order valence-electron chi connectivity index (χ4n) is 3.44. The van der Waals surface area contributed by atoms with Crippen molar-refractivity contribution >= 4 is 15.9 Å². The number of hydrogen-bond donors (Lipinski definition) is 2. The number of ether oxygens (including phenoxy) is 2. The third kappa shape index (κ3) is 5.54. The summed E-state index contributed by atoms with van der Waals surface area (Å²) in [7, 11) is -3.59. The van der Waals surface area contributed by atoms with Gasteiger partial charge in [0.15, 0.2) is 0 Å². The molecular weight excluding hydrogens is 370 g/mol. The van der Waals surface area contributed by atoms with Gasteiger partial charge in [0.1, 0.15) is 10.6 Å². The largest absolute Gasteiger partial charge is 0.379 e. The zero-order valence-electron chi connectivity index (χ0n) is 15.6. The van der Waals surface area contributed by atoms with Gasteiger partial charge in [0.05, 0.1) is 19.3 Å². The average molecular weight is 400 g/mol. The first-order valence-corrected chi connectivity index (χ1v) is 11.2. The molecule has 1 aliphatic heterocycles. The Morgan fingerprint density at radius 3 is 2.74 bits per heavy atom. The second-order valence-corrected chi connectivity index (χ2v) is 8.94. The summed E-state index contributed by atoms with van der Waals surface area (Å²) in [5.74, 6) is -0.309. The Labute approximate surface area is 160 Å². The summed E-state index contributed by atoms with van der Waals surface area (Å²) >= 11 is 0. The molecule has 3 rings (SSSR count). The van der Waals surface area contributed by atoms with E-state index in [0.717, 1.165) is 19.3 Å². The average Bonchev–Trinajstić information content (AvgIpc) is 3.20. The van der Waals surface area contributed by atoms with Gasteiger partial charge in [0.2, 0.25) is 10.0 Å². The lowest BCUT2D eigenvalue weighted by Gasteiger charge is -2.25. The van der Waals surface area contributed by atoms with Crippen molar-refractivity contribution in [3.63, 3.8) is 0 Å². The minimum Gasteiger partial charge on any atom is -0.379 e. The highest BCUT2D eigenvalue weighted by atomic mass is 32.2. The molecule has 2 heterocycles. The summed E-state index contributed by atoms with van der Waals surface area (Å²) in [6, 6.07) is 1.39. The van der Waals surface area contributed by atoms with E-state index in [1.54, 1.807) is 0 Å². The van der Waals surface area contributed by atoms with E-state index in [1.165, 1.54) is 35.8 Å². The fourth-order valence-corrected chi connectivity index (χ4v) is 4.84. The summed E-state index contributed by atoms with van der Waals surface area (Å²) in [5.41, 5.74) is 0.245. The van der Waals surface area contributed by atoms with Crippen LogP contribution in [0.4, 0.5) is 0 Å². The van der Waals surface area contributed by atoms with E-state index in [4.69, 9.17) is 9.47 Å². The van der Waals surface area contributed by atoms with E-state index in [-0.39, 0.29) is 16.5 Å². The standard InChI is InChI=1S/C18H29N3O5S/c22-18(19-7-4-10-26-15-5-2-1-3-6-15)17-13-16(14-20-17)27(23,24)21-8-11-25-12-9-21/h13-15,20H,1-12H2,(H,19,22). The molecule has 1 saturated heterocycles. The van der Waals surface area contributed by atoms with Crippen LogP contribution in [-0.2, 0) is 19.5 Å². The number of hydrogen-bond acceptors (Lipinski definition) is 5. The number of aromatic nitrogens is 1. The second-order valence-electron chi connectivity index (χ2n) is 7.01. The van der Waals surface area contributed by atoms with Crippen molar-refractivity contribution < 1.29 is 22.7 Å². The van der Waals surface area contributed by atoms with Gasteiger partial charge < -0.3 is 19.8 Å². The van der Waals surface area contributed by atoms with E-state index in [0.29, 0.717) is 45.6 Å². The lowest BCUT2D eigenvalue weighted by molar-refractivity contribution is 0.0273. The predicted molar refractivity (Wildman–Crippen MR) is 100 cm³/mol. The van der Waals surface area contributed by atoms with E-state index >= 15 is 0 Å². The zero-order chi connectivity index (χ0) is 19.1. The summed E-state index contributed by atoms with van der Waals surface area (Å²) in [6.07, 6.45) is 8.52. The van der Waals surface area contributed by atoms with Crippen molar-refractivity contribution in [2.75, 3.05) is 39.5 Å². The SMILES string of the molecule is O=C(NCCCOC1CCCCC1)c1cc(S(=O)(=O)N2CCOCC2)c[nH]1. The van der Waals surface area contributed by atoms with Crippen LogP contribution >= 0.6 is 0 Å². The summed E-state index contributed by atoms with van der Waals surface area (Å²) in [4.78, 5) is 15.1. The number of carbonyl (C=O) groups is 1. The van der Waals surface area contributed by atoms with Crippen LogP contribution in [-0.4, -0.2) is 69.2 Å². The number of sulfonamides is 1. The van der Waals surface area contributed by atoms with Gasteiger partial charge in [-0.15, -0.1) is 0 Å². The molecule has 2 N–H and O–H groups in total. The monoisotopic (exact) mass is 399 g/mol. The van der Waals surface area contributed by atoms with Crippen molar-refractivity contribution in [1.29, 1.82) is 0 Å². The maximum Gasteiger partial charge on any atom is 0.267 e. The number of morpholine rings is 1. The van der Waals surface area contributed by atoms with E-state index in [2.05, 4.69) is 10.3 Å². The normalized spacial score (nSPS) is 19.9. The third-order valence-electron chi connectivity index (χ3n) is 5.02. The Balaban J connectivity index is 1.42. The smallest absolute Gasteiger partial charge is 0.267 e. The number of rotatable bonds is 8. The highest BCUT2D eigenvalue weighted by molar-refractivity contribution is 7.89. The number of amides is 1. The number of aromatic amines is 1. The molecule has 1 aliphatic carbocycles. The van der Waals surface area contributed by atoms with Crippen LogP contribution in [0.5, 0.6) is 0 Å². The lowest BCUT2D eigenvalue weighted by atomic mass is 9.98. The molecular formula is C18H29N3O5S. The van der Waals surface area contributed by atoms with Crippen LogP contribution < -0.4 is 5.32 Å². The van der Waals surface area contributed by atoms with Gasteiger partial charge in [0, 0.05) is 32.4 Å². The maximum atomic E-state index is 12.6. The Kier molecular flexibility index (Phi) is 7.28. The highest BCUT2D eigenvalue weighted by Gasteiger charge is 2.27. The maximum absolute atomic E-state index is 12.6. The third-order valence-corrected chi connectivity index (χ3v) is 6.90. The molecule has 1 amide bonds. The topological polar surface area (TPSA) is 101 Å². The Hall–Kier alpha value is -1.42. The lowest BCUT2D eigenvalue weighted by Crippen LogP contribution is -2.40. The second kappa shape index (κ2) is 9.68. The quantitative estimate of drug-likeness (QED) is 0.645. The molecule has 9 heteroatoms. The van der Waals surface area contributed by atoms with Gasteiger partial charge in [0.25, 0.3) is 5.91 Å². The Bertz CT molecular complexity index is 706. The summed E-state index contributed by atoms with van der Waals surface area (Å²) in [6.45, 7) is 2.56.